The zero-order valence-corrected chi connectivity index (χ0v) is 13.2. The number of alkyl halides is 2. The van der Waals surface area contributed by atoms with Gasteiger partial charge in [0.2, 0.25) is 5.91 Å². The van der Waals surface area contributed by atoms with Gasteiger partial charge in [0, 0.05) is 12.1 Å². The Kier molecular flexibility index (Phi) is 6.73. The minimum atomic E-state index is -3.78. The maximum atomic E-state index is 12.3. The predicted octanol–water partition coefficient (Wildman–Crippen LogP) is 1.97. The van der Waals surface area contributed by atoms with Gasteiger partial charge in [-0.3, -0.25) is 4.79 Å². The molecule has 1 N–H and O–H groups in total. The first-order valence-electron chi connectivity index (χ1n) is 6.69. The number of hydrogen-bond acceptors (Lipinski definition) is 4. The van der Waals surface area contributed by atoms with Gasteiger partial charge in [0.15, 0.2) is 9.84 Å². The number of benzene rings is 1. The lowest BCUT2D eigenvalue weighted by Crippen LogP contribution is -2.33. The summed E-state index contributed by atoms with van der Waals surface area (Å²) in [4.78, 5) is 11.6. The number of amides is 1. The van der Waals surface area contributed by atoms with E-state index in [-0.39, 0.29) is 17.2 Å². The van der Waals surface area contributed by atoms with Gasteiger partial charge in [0.1, 0.15) is 11.5 Å². The lowest BCUT2D eigenvalue weighted by Gasteiger charge is -2.11. The standard InChI is InChI=1S/C14H19F2NO4S/c1-10(2)7-17-13(18)9-22(19,20)8-11-5-3-4-6-12(11)21-14(15)16/h3-6,10,14H,7-9H2,1-2H3,(H,17,18). The maximum absolute atomic E-state index is 12.3. The van der Waals surface area contributed by atoms with Crippen molar-refractivity contribution in [1.82, 2.24) is 5.32 Å². The number of sulfone groups is 1. The third-order valence-corrected chi connectivity index (χ3v) is 4.08. The van der Waals surface area contributed by atoms with Gasteiger partial charge in [-0.15, -0.1) is 0 Å². The molecule has 0 radical (unpaired) electrons. The van der Waals surface area contributed by atoms with Crippen LogP contribution in [0.1, 0.15) is 19.4 Å². The van der Waals surface area contributed by atoms with Crippen LogP contribution in [0, 0.1) is 5.92 Å². The second-order valence-electron chi connectivity index (χ2n) is 5.22. The average Bonchev–Trinajstić information content (AvgIpc) is 2.37. The summed E-state index contributed by atoms with van der Waals surface area (Å²) in [5, 5.41) is 2.50. The molecule has 0 aliphatic rings. The molecule has 1 aromatic rings. The molecule has 0 unspecified atom stereocenters. The van der Waals surface area contributed by atoms with E-state index in [1.54, 1.807) is 0 Å². The molecule has 8 heteroatoms. The van der Waals surface area contributed by atoms with Gasteiger partial charge in [-0.05, 0) is 12.0 Å². The van der Waals surface area contributed by atoms with E-state index in [1.165, 1.54) is 24.3 Å². The first kappa shape index (κ1) is 18.3. The third-order valence-electron chi connectivity index (χ3n) is 2.62. The minimum Gasteiger partial charge on any atom is -0.435 e. The highest BCUT2D eigenvalue weighted by molar-refractivity contribution is 7.91. The summed E-state index contributed by atoms with van der Waals surface area (Å²) in [5.41, 5.74) is 0.0967. The first-order chi connectivity index (χ1) is 10.2. The Hall–Kier alpha value is -1.70. The van der Waals surface area contributed by atoms with Gasteiger partial charge in [0.05, 0.1) is 5.75 Å². The van der Waals surface area contributed by atoms with Gasteiger partial charge in [-0.1, -0.05) is 32.0 Å². The van der Waals surface area contributed by atoms with Crippen molar-refractivity contribution in [3.05, 3.63) is 29.8 Å². The number of halogens is 2. The number of nitrogens with one attached hydrogen (secondary N) is 1. The second kappa shape index (κ2) is 8.07. The summed E-state index contributed by atoms with van der Waals surface area (Å²) < 4.78 is 52.8. The van der Waals surface area contributed by atoms with Crippen LogP contribution in [0.25, 0.3) is 0 Å². The fourth-order valence-corrected chi connectivity index (χ4v) is 3.01. The number of hydrogen-bond donors (Lipinski definition) is 1. The number of ether oxygens (including phenoxy) is 1. The van der Waals surface area contributed by atoms with Crippen LogP contribution in [0.3, 0.4) is 0 Å². The van der Waals surface area contributed by atoms with Crippen LogP contribution in [0.2, 0.25) is 0 Å². The molecular formula is C14H19F2NO4S. The molecule has 1 aromatic carbocycles. The van der Waals surface area contributed by atoms with E-state index < -0.39 is 33.9 Å². The van der Waals surface area contributed by atoms with Crippen LogP contribution in [0.15, 0.2) is 24.3 Å². The van der Waals surface area contributed by atoms with Crippen molar-refractivity contribution in [1.29, 1.82) is 0 Å². The van der Waals surface area contributed by atoms with Gasteiger partial charge >= 0.3 is 6.61 Å². The molecule has 0 aliphatic heterocycles. The Balaban J connectivity index is 2.74. The topological polar surface area (TPSA) is 72.5 Å². The van der Waals surface area contributed by atoms with E-state index >= 15 is 0 Å². The molecule has 22 heavy (non-hydrogen) atoms. The molecule has 0 heterocycles. The number of para-hydroxylation sites is 1. The first-order valence-corrected chi connectivity index (χ1v) is 8.51. The predicted molar refractivity (Wildman–Crippen MR) is 78.4 cm³/mol. The highest BCUT2D eigenvalue weighted by Gasteiger charge is 2.20. The fourth-order valence-electron chi connectivity index (χ4n) is 1.69. The lowest BCUT2D eigenvalue weighted by atomic mass is 10.2. The molecule has 0 aliphatic carbocycles. The molecule has 0 fully saturated rings. The average molecular weight is 335 g/mol. The van der Waals surface area contributed by atoms with Gasteiger partial charge in [0.25, 0.3) is 0 Å². The molecule has 0 aromatic heterocycles. The fraction of sp³-hybridized carbons (Fsp3) is 0.500. The smallest absolute Gasteiger partial charge is 0.387 e. The Labute approximate surface area is 128 Å². The van der Waals surface area contributed by atoms with Crippen molar-refractivity contribution in [3.8, 4) is 5.75 Å². The molecule has 1 amide bonds. The van der Waals surface area contributed by atoms with Crippen molar-refractivity contribution in [2.45, 2.75) is 26.2 Å². The monoisotopic (exact) mass is 335 g/mol. The largest absolute Gasteiger partial charge is 0.435 e. The van der Waals surface area contributed by atoms with Gasteiger partial charge in [-0.25, -0.2) is 8.42 Å². The third kappa shape index (κ3) is 6.84. The molecule has 0 spiro atoms. The van der Waals surface area contributed by atoms with E-state index in [9.17, 15) is 22.0 Å². The highest BCUT2D eigenvalue weighted by Crippen LogP contribution is 2.22. The summed E-state index contributed by atoms with van der Waals surface area (Å²) in [7, 11) is -3.78. The van der Waals surface area contributed by atoms with E-state index in [0.717, 1.165) is 0 Å². The minimum absolute atomic E-state index is 0.0967. The Morgan fingerprint density at radius 3 is 2.50 bits per heavy atom. The Morgan fingerprint density at radius 1 is 1.27 bits per heavy atom. The molecule has 0 saturated heterocycles. The van der Waals surface area contributed by atoms with Gasteiger partial charge in [-0.2, -0.15) is 8.78 Å². The summed E-state index contributed by atoms with van der Waals surface area (Å²) in [6.45, 7) is 1.09. The van der Waals surface area contributed by atoms with Crippen LogP contribution >= 0.6 is 0 Å². The Bertz CT molecular complexity index is 603. The SMILES string of the molecule is CC(C)CNC(=O)CS(=O)(=O)Cc1ccccc1OC(F)F. The van der Waals surface area contributed by atoms with Crippen molar-refractivity contribution in [2.75, 3.05) is 12.3 Å². The zero-order chi connectivity index (χ0) is 16.8. The number of carbonyl (C=O) groups is 1. The number of rotatable bonds is 8. The van der Waals surface area contributed by atoms with E-state index in [0.29, 0.717) is 6.54 Å². The van der Waals surface area contributed by atoms with Crippen LogP contribution in [0.5, 0.6) is 5.75 Å². The highest BCUT2D eigenvalue weighted by atomic mass is 32.2. The zero-order valence-electron chi connectivity index (χ0n) is 12.4. The van der Waals surface area contributed by atoms with E-state index in [2.05, 4.69) is 10.1 Å². The number of carbonyl (C=O) groups excluding carboxylic acids is 1. The summed E-state index contributed by atoms with van der Waals surface area (Å²) in [6.07, 6.45) is 0. The van der Waals surface area contributed by atoms with E-state index in [1.807, 2.05) is 13.8 Å². The quantitative estimate of drug-likeness (QED) is 0.788. The van der Waals surface area contributed by atoms with Crippen LogP contribution < -0.4 is 10.1 Å². The second-order valence-corrected chi connectivity index (χ2v) is 7.28. The van der Waals surface area contributed by atoms with Crippen molar-refractivity contribution < 1.29 is 26.7 Å². The van der Waals surface area contributed by atoms with E-state index in [4.69, 9.17) is 0 Å². The van der Waals surface area contributed by atoms with Crippen molar-refractivity contribution >= 4 is 15.7 Å². The van der Waals surface area contributed by atoms with Crippen LogP contribution in [-0.2, 0) is 20.4 Å². The molecule has 0 saturated carbocycles. The van der Waals surface area contributed by atoms with Crippen LogP contribution in [-0.4, -0.2) is 33.2 Å². The molecule has 0 atom stereocenters. The summed E-state index contributed by atoms with van der Waals surface area (Å²) >= 11 is 0. The normalized spacial score (nSPS) is 11.7. The maximum Gasteiger partial charge on any atom is 0.387 e. The molecule has 0 bridgehead atoms. The summed E-state index contributed by atoms with van der Waals surface area (Å²) in [5.74, 6) is -1.84. The van der Waals surface area contributed by atoms with Crippen LogP contribution in [0.4, 0.5) is 8.78 Å². The Morgan fingerprint density at radius 2 is 1.91 bits per heavy atom. The summed E-state index contributed by atoms with van der Waals surface area (Å²) in [6, 6.07) is 5.61. The van der Waals surface area contributed by atoms with Gasteiger partial charge < -0.3 is 10.1 Å². The molecular weight excluding hydrogens is 316 g/mol. The molecule has 124 valence electrons. The molecule has 5 nitrogen and oxygen atoms in total. The van der Waals surface area contributed by atoms with Crippen molar-refractivity contribution in [3.63, 3.8) is 0 Å². The molecule has 1 rings (SSSR count). The lowest BCUT2D eigenvalue weighted by molar-refractivity contribution is -0.118. The van der Waals surface area contributed by atoms with Crippen molar-refractivity contribution in [2.24, 2.45) is 5.92 Å².